The highest BCUT2D eigenvalue weighted by molar-refractivity contribution is 5.78. The molecular weight excluding hydrogens is 206 g/mol. The molecule has 1 aliphatic carbocycles. The third kappa shape index (κ3) is 2.79. The monoisotopic (exact) mass is 223 g/mol. The van der Waals surface area contributed by atoms with Gasteiger partial charge in [0.2, 0.25) is 5.91 Å². The number of aromatic nitrogens is 3. The van der Waals surface area contributed by atoms with Gasteiger partial charge in [-0.3, -0.25) is 9.48 Å². The third-order valence-corrected chi connectivity index (χ3v) is 2.96. The van der Waals surface area contributed by atoms with Crippen LogP contribution in [0.1, 0.15) is 19.3 Å². The zero-order valence-corrected chi connectivity index (χ0v) is 9.17. The molecule has 2 unspecified atom stereocenters. The van der Waals surface area contributed by atoms with E-state index in [0.29, 0.717) is 13.1 Å². The molecule has 6 heteroatoms. The molecule has 88 valence electrons. The molecule has 0 aromatic carbocycles. The Morgan fingerprint density at radius 2 is 2.44 bits per heavy atom. The van der Waals surface area contributed by atoms with E-state index in [2.05, 4.69) is 15.6 Å². The highest BCUT2D eigenvalue weighted by atomic mass is 16.1. The van der Waals surface area contributed by atoms with Crippen molar-refractivity contribution in [2.75, 3.05) is 6.54 Å². The average molecular weight is 223 g/mol. The van der Waals surface area contributed by atoms with Crippen molar-refractivity contribution < 1.29 is 4.79 Å². The summed E-state index contributed by atoms with van der Waals surface area (Å²) in [6, 6.07) is 0.200. The molecule has 1 aliphatic rings. The van der Waals surface area contributed by atoms with Crippen molar-refractivity contribution in [2.45, 2.75) is 31.8 Å². The quantitative estimate of drug-likeness (QED) is 0.722. The normalized spacial score (nSPS) is 24.6. The summed E-state index contributed by atoms with van der Waals surface area (Å²) in [5.41, 5.74) is 5.77. The Kier molecular flexibility index (Phi) is 3.51. The number of amides is 1. The van der Waals surface area contributed by atoms with Crippen LogP contribution >= 0.6 is 0 Å². The lowest BCUT2D eigenvalue weighted by molar-refractivity contribution is -0.124. The Morgan fingerprint density at radius 1 is 1.56 bits per heavy atom. The fourth-order valence-electron chi connectivity index (χ4n) is 2.04. The van der Waals surface area contributed by atoms with E-state index in [1.165, 1.54) is 0 Å². The minimum atomic E-state index is 0.103. The second-order valence-electron chi connectivity index (χ2n) is 4.23. The van der Waals surface area contributed by atoms with Crippen molar-refractivity contribution in [2.24, 2.45) is 11.7 Å². The van der Waals surface area contributed by atoms with Crippen LogP contribution in [0.4, 0.5) is 0 Å². The predicted molar refractivity (Wildman–Crippen MR) is 58.3 cm³/mol. The lowest BCUT2D eigenvalue weighted by Crippen LogP contribution is -2.32. The molecule has 1 amide bonds. The van der Waals surface area contributed by atoms with E-state index >= 15 is 0 Å². The maximum atomic E-state index is 11.7. The Balaban J connectivity index is 1.68. The van der Waals surface area contributed by atoms with E-state index in [0.717, 1.165) is 19.3 Å². The van der Waals surface area contributed by atoms with E-state index in [1.54, 1.807) is 17.1 Å². The molecule has 0 aliphatic heterocycles. The topological polar surface area (TPSA) is 85.8 Å². The predicted octanol–water partition coefficient (Wildman–Crippen LogP) is -0.478. The second-order valence-corrected chi connectivity index (χ2v) is 4.23. The summed E-state index contributed by atoms with van der Waals surface area (Å²) in [5.74, 6) is 0.221. The lowest BCUT2D eigenvalue weighted by atomic mass is 10.1. The number of nitrogens with zero attached hydrogens (tertiary/aromatic N) is 3. The largest absolute Gasteiger partial charge is 0.354 e. The summed E-state index contributed by atoms with van der Waals surface area (Å²) in [6.45, 7) is 1.25. The minimum absolute atomic E-state index is 0.103. The van der Waals surface area contributed by atoms with Gasteiger partial charge in [-0.1, -0.05) is 5.21 Å². The molecule has 6 nitrogen and oxygen atoms in total. The first-order valence-electron chi connectivity index (χ1n) is 5.63. The van der Waals surface area contributed by atoms with Gasteiger partial charge >= 0.3 is 0 Å². The molecule has 0 saturated heterocycles. The van der Waals surface area contributed by atoms with Crippen LogP contribution in [0.25, 0.3) is 0 Å². The Bertz CT molecular complexity index is 337. The maximum absolute atomic E-state index is 11.7. The molecule has 16 heavy (non-hydrogen) atoms. The van der Waals surface area contributed by atoms with Gasteiger partial charge in [0.05, 0.1) is 12.7 Å². The van der Waals surface area contributed by atoms with E-state index in [9.17, 15) is 4.79 Å². The van der Waals surface area contributed by atoms with Crippen molar-refractivity contribution >= 4 is 5.91 Å². The average Bonchev–Trinajstić information content (AvgIpc) is 2.89. The van der Waals surface area contributed by atoms with Crippen molar-refractivity contribution in [3.63, 3.8) is 0 Å². The number of rotatable bonds is 4. The molecule has 2 rings (SSSR count). The molecule has 0 radical (unpaired) electrons. The van der Waals surface area contributed by atoms with Gasteiger partial charge in [0.25, 0.3) is 0 Å². The summed E-state index contributed by atoms with van der Waals surface area (Å²) in [4.78, 5) is 11.7. The number of nitrogens with two attached hydrogens (primary N) is 1. The molecule has 3 N–H and O–H groups in total. The molecular formula is C10H17N5O. The zero-order valence-electron chi connectivity index (χ0n) is 9.17. The Hall–Kier alpha value is -1.43. The zero-order chi connectivity index (χ0) is 11.4. The van der Waals surface area contributed by atoms with Crippen LogP contribution in [-0.2, 0) is 11.3 Å². The molecule has 1 saturated carbocycles. The van der Waals surface area contributed by atoms with Crippen LogP contribution in [-0.4, -0.2) is 33.5 Å². The third-order valence-electron chi connectivity index (χ3n) is 2.96. The first-order valence-corrected chi connectivity index (χ1v) is 5.63. The molecule has 1 fully saturated rings. The maximum Gasteiger partial charge on any atom is 0.223 e. The summed E-state index contributed by atoms with van der Waals surface area (Å²) in [5, 5.41) is 10.4. The summed E-state index contributed by atoms with van der Waals surface area (Å²) >= 11 is 0. The van der Waals surface area contributed by atoms with Gasteiger partial charge in [0.15, 0.2) is 0 Å². The standard InChI is InChI=1S/C10H17N5O/c11-9-2-1-8(7-9)10(16)12-3-5-15-6-4-13-14-15/h4,6,8-9H,1-3,5,7,11H2,(H,12,16). The summed E-state index contributed by atoms with van der Waals surface area (Å²) in [7, 11) is 0. The first-order chi connectivity index (χ1) is 7.75. The van der Waals surface area contributed by atoms with Gasteiger partial charge in [-0.15, -0.1) is 5.10 Å². The van der Waals surface area contributed by atoms with Crippen molar-refractivity contribution in [3.05, 3.63) is 12.4 Å². The van der Waals surface area contributed by atoms with E-state index in [-0.39, 0.29) is 17.9 Å². The van der Waals surface area contributed by atoms with Gasteiger partial charge in [-0.05, 0) is 19.3 Å². The molecule has 2 atom stereocenters. The van der Waals surface area contributed by atoms with Crippen molar-refractivity contribution in [1.29, 1.82) is 0 Å². The van der Waals surface area contributed by atoms with E-state index in [4.69, 9.17) is 5.73 Å². The highest BCUT2D eigenvalue weighted by Crippen LogP contribution is 2.23. The number of carbonyl (C=O) groups excluding carboxylic acids is 1. The van der Waals surface area contributed by atoms with Gasteiger partial charge < -0.3 is 11.1 Å². The first kappa shape index (κ1) is 11.1. The Morgan fingerprint density at radius 3 is 3.06 bits per heavy atom. The number of carbonyl (C=O) groups is 1. The fraction of sp³-hybridized carbons (Fsp3) is 0.700. The molecule has 1 heterocycles. The fourth-order valence-corrected chi connectivity index (χ4v) is 2.04. The minimum Gasteiger partial charge on any atom is -0.354 e. The molecule has 1 aromatic rings. The van der Waals surface area contributed by atoms with E-state index in [1.807, 2.05) is 0 Å². The number of hydrogen-bond donors (Lipinski definition) is 2. The van der Waals surface area contributed by atoms with Gasteiger partial charge in [0, 0.05) is 24.7 Å². The van der Waals surface area contributed by atoms with Gasteiger partial charge in [-0.2, -0.15) is 0 Å². The van der Waals surface area contributed by atoms with Crippen molar-refractivity contribution in [1.82, 2.24) is 20.3 Å². The van der Waals surface area contributed by atoms with Crippen LogP contribution in [0.5, 0.6) is 0 Å². The summed E-state index contributed by atoms with van der Waals surface area (Å²) < 4.78 is 1.70. The van der Waals surface area contributed by atoms with Crippen LogP contribution < -0.4 is 11.1 Å². The summed E-state index contributed by atoms with van der Waals surface area (Å²) in [6.07, 6.45) is 6.09. The van der Waals surface area contributed by atoms with Crippen molar-refractivity contribution in [3.8, 4) is 0 Å². The van der Waals surface area contributed by atoms with Crippen LogP contribution in [0.3, 0.4) is 0 Å². The second kappa shape index (κ2) is 5.07. The molecule has 0 spiro atoms. The van der Waals surface area contributed by atoms with Crippen LogP contribution in [0.2, 0.25) is 0 Å². The van der Waals surface area contributed by atoms with Crippen LogP contribution in [0.15, 0.2) is 12.4 Å². The van der Waals surface area contributed by atoms with Gasteiger partial charge in [0.1, 0.15) is 0 Å². The van der Waals surface area contributed by atoms with Gasteiger partial charge in [-0.25, -0.2) is 0 Å². The van der Waals surface area contributed by atoms with Crippen LogP contribution in [0, 0.1) is 5.92 Å². The van der Waals surface area contributed by atoms with E-state index < -0.39 is 0 Å². The molecule has 1 aromatic heterocycles. The number of hydrogen-bond acceptors (Lipinski definition) is 4. The smallest absolute Gasteiger partial charge is 0.223 e. The number of nitrogens with one attached hydrogen (secondary N) is 1. The Labute approximate surface area is 94.2 Å². The highest BCUT2D eigenvalue weighted by Gasteiger charge is 2.27. The SMILES string of the molecule is NC1CCC(C(=O)NCCn2ccnn2)C1. The lowest BCUT2D eigenvalue weighted by Gasteiger charge is -2.10. The molecule has 0 bridgehead atoms.